The molecule has 0 atom stereocenters. The molecule has 21 heavy (non-hydrogen) atoms. The van der Waals surface area contributed by atoms with Crippen LogP contribution in [0.3, 0.4) is 0 Å². The van der Waals surface area contributed by atoms with Gasteiger partial charge >= 0.3 is 0 Å². The van der Waals surface area contributed by atoms with Crippen molar-refractivity contribution >= 4 is 17.6 Å². The third-order valence-corrected chi connectivity index (χ3v) is 3.41. The summed E-state index contributed by atoms with van der Waals surface area (Å²) in [4.78, 5) is 29.9. The Balaban J connectivity index is 1.65. The van der Waals surface area contributed by atoms with Gasteiger partial charge in [-0.15, -0.1) is 0 Å². The molecule has 5 nitrogen and oxygen atoms in total. The number of nitrogens with zero attached hydrogens (tertiary/aromatic N) is 2. The van der Waals surface area contributed by atoms with Gasteiger partial charge < -0.3 is 5.32 Å². The summed E-state index contributed by atoms with van der Waals surface area (Å²) in [5, 5.41) is 3.12. The molecule has 0 saturated heterocycles. The molecule has 0 spiro atoms. The van der Waals surface area contributed by atoms with Crippen LogP contribution in [0.15, 0.2) is 42.5 Å². The average molecular weight is 281 g/mol. The molecule has 0 radical (unpaired) electrons. The van der Waals surface area contributed by atoms with E-state index in [4.69, 9.17) is 0 Å². The van der Waals surface area contributed by atoms with Crippen molar-refractivity contribution in [3.05, 3.63) is 59.3 Å². The normalized spacial score (nSPS) is 13.5. The van der Waals surface area contributed by atoms with Crippen molar-refractivity contribution in [1.29, 1.82) is 0 Å². The monoisotopic (exact) mass is 281 g/mol. The third-order valence-electron chi connectivity index (χ3n) is 3.41. The summed E-state index contributed by atoms with van der Waals surface area (Å²) < 4.78 is 0. The molecule has 2 aromatic rings. The fourth-order valence-corrected chi connectivity index (χ4v) is 2.38. The first kappa shape index (κ1) is 13.3. The van der Waals surface area contributed by atoms with Crippen LogP contribution in [0.5, 0.6) is 0 Å². The Morgan fingerprint density at radius 1 is 1.00 bits per heavy atom. The van der Waals surface area contributed by atoms with Gasteiger partial charge in [0.1, 0.15) is 5.82 Å². The number of carbonyl (C=O) groups excluding carboxylic acids is 2. The van der Waals surface area contributed by atoms with E-state index in [9.17, 15) is 9.59 Å². The Morgan fingerprint density at radius 2 is 1.67 bits per heavy atom. The van der Waals surface area contributed by atoms with Gasteiger partial charge in [-0.1, -0.05) is 18.2 Å². The number of rotatable bonds is 4. The predicted octanol–water partition coefficient (Wildman–Crippen LogP) is 2.10. The minimum absolute atomic E-state index is 0.227. The van der Waals surface area contributed by atoms with Crippen molar-refractivity contribution in [2.24, 2.45) is 0 Å². The number of nitrogens with one attached hydrogen (secondary N) is 1. The molecule has 2 amide bonds. The predicted molar refractivity (Wildman–Crippen MR) is 79.3 cm³/mol. The maximum absolute atomic E-state index is 12.2. The number of benzene rings is 1. The number of aryl methyl sites for hydroxylation is 1. The van der Waals surface area contributed by atoms with Crippen LogP contribution >= 0.6 is 0 Å². The van der Waals surface area contributed by atoms with E-state index in [0.717, 1.165) is 11.5 Å². The van der Waals surface area contributed by atoms with Gasteiger partial charge in [-0.2, -0.15) is 0 Å². The van der Waals surface area contributed by atoms with E-state index in [2.05, 4.69) is 10.3 Å². The van der Waals surface area contributed by atoms with E-state index in [1.807, 2.05) is 25.1 Å². The van der Waals surface area contributed by atoms with Crippen molar-refractivity contribution in [3.8, 4) is 0 Å². The van der Waals surface area contributed by atoms with E-state index in [1.54, 1.807) is 24.3 Å². The van der Waals surface area contributed by atoms with E-state index in [1.165, 1.54) is 4.90 Å². The Kier molecular flexibility index (Phi) is 3.39. The molecule has 1 aromatic carbocycles. The molecule has 106 valence electrons. The van der Waals surface area contributed by atoms with Gasteiger partial charge in [0.05, 0.1) is 11.1 Å². The van der Waals surface area contributed by atoms with Crippen LogP contribution in [-0.2, 0) is 0 Å². The summed E-state index contributed by atoms with van der Waals surface area (Å²) in [6.07, 6.45) is 0. The molecular weight excluding hydrogens is 266 g/mol. The van der Waals surface area contributed by atoms with Gasteiger partial charge in [-0.25, -0.2) is 4.98 Å². The lowest BCUT2D eigenvalue weighted by molar-refractivity contribution is 0.0660. The minimum Gasteiger partial charge on any atom is -0.368 e. The molecule has 0 bridgehead atoms. The summed E-state index contributed by atoms with van der Waals surface area (Å²) in [6.45, 7) is 2.71. The lowest BCUT2D eigenvalue weighted by Gasteiger charge is -2.14. The number of anilines is 1. The Labute approximate surface area is 122 Å². The molecule has 2 heterocycles. The highest BCUT2D eigenvalue weighted by Gasteiger charge is 2.34. The highest BCUT2D eigenvalue weighted by molar-refractivity contribution is 6.21. The maximum atomic E-state index is 12.2. The molecule has 1 N–H and O–H groups in total. The number of hydrogen-bond donors (Lipinski definition) is 1. The largest absolute Gasteiger partial charge is 0.368 e. The van der Waals surface area contributed by atoms with Crippen LogP contribution in [0.25, 0.3) is 0 Å². The van der Waals surface area contributed by atoms with Gasteiger partial charge in [-0.3, -0.25) is 14.5 Å². The van der Waals surface area contributed by atoms with E-state index in [0.29, 0.717) is 24.2 Å². The van der Waals surface area contributed by atoms with Crippen LogP contribution in [0.2, 0.25) is 0 Å². The zero-order valence-corrected chi connectivity index (χ0v) is 11.7. The maximum Gasteiger partial charge on any atom is 0.261 e. The second kappa shape index (κ2) is 5.36. The lowest BCUT2D eigenvalue weighted by Crippen LogP contribution is -2.34. The van der Waals surface area contributed by atoms with Gasteiger partial charge in [0.25, 0.3) is 11.8 Å². The van der Waals surface area contributed by atoms with Crippen LogP contribution in [0, 0.1) is 6.92 Å². The van der Waals surface area contributed by atoms with Crippen LogP contribution in [-0.4, -0.2) is 34.8 Å². The Morgan fingerprint density at radius 3 is 2.29 bits per heavy atom. The SMILES string of the molecule is Cc1cccc(NCCN2C(=O)c3ccccc3C2=O)n1. The molecule has 0 saturated carbocycles. The van der Waals surface area contributed by atoms with Gasteiger partial charge in [0, 0.05) is 18.8 Å². The summed E-state index contributed by atoms with van der Waals surface area (Å²) in [6, 6.07) is 12.6. The molecule has 1 aliphatic rings. The third kappa shape index (κ3) is 2.50. The smallest absolute Gasteiger partial charge is 0.261 e. The highest BCUT2D eigenvalue weighted by atomic mass is 16.2. The number of aromatic nitrogens is 1. The van der Waals surface area contributed by atoms with Crippen molar-refractivity contribution in [2.45, 2.75) is 6.92 Å². The first-order valence-electron chi connectivity index (χ1n) is 6.79. The Bertz CT molecular complexity index is 677. The lowest BCUT2D eigenvalue weighted by atomic mass is 10.1. The van der Waals surface area contributed by atoms with Crippen LogP contribution in [0.4, 0.5) is 5.82 Å². The van der Waals surface area contributed by atoms with E-state index >= 15 is 0 Å². The Hall–Kier alpha value is -2.69. The molecular formula is C16H15N3O2. The van der Waals surface area contributed by atoms with Crippen molar-refractivity contribution in [3.63, 3.8) is 0 Å². The number of carbonyl (C=O) groups is 2. The topological polar surface area (TPSA) is 62.3 Å². The molecule has 1 aromatic heterocycles. The second-order valence-corrected chi connectivity index (χ2v) is 4.90. The summed E-state index contributed by atoms with van der Waals surface area (Å²) >= 11 is 0. The molecule has 0 aliphatic carbocycles. The zero-order chi connectivity index (χ0) is 14.8. The van der Waals surface area contributed by atoms with Gasteiger partial charge in [0.2, 0.25) is 0 Å². The number of amides is 2. The first-order chi connectivity index (χ1) is 10.2. The average Bonchev–Trinajstić information content (AvgIpc) is 2.73. The van der Waals surface area contributed by atoms with Crippen LogP contribution in [0.1, 0.15) is 26.4 Å². The van der Waals surface area contributed by atoms with Crippen molar-refractivity contribution in [1.82, 2.24) is 9.88 Å². The molecule has 1 aliphatic heterocycles. The zero-order valence-electron chi connectivity index (χ0n) is 11.7. The summed E-state index contributed by atoms with van der Waals surface area (Å²) in [7, 11) is 0. The quantitative estimate of drug-likeness (QED) is 0.872. The fraction of sp³-hybridized carbons (Fsp3) is 0.188. The number of pyridine rings is 1. The standard InChI is InChI=1S/C16H15N3O2/c1-11-5-4-8-14(18-11)17-9-10-19-15(20)12-6-2-3-7-13(12)16(19)21/h2-8H,9-10H2,1H3,(H,17,18). The highest BCUT2D eigenvalue weighted by Crippen LogP contribution is 2.21. The number of imide groups is 1. The molecule has 0 fully saturated rings. The second-order valence-electron chi connectivity index (χ2n) is 4.90. The fourth-order valence-electron chi connectivity index (χ4n) is 2.38. The summed E-state index contributed by atoms with van der Waals surface area (Å²) in [5.74, 6) is 0.288. The number of hydrogen-bond acceptors (Lipinski definition) is 4. The molecule has 5 heteroatoms. The van der Waals surface area contributed by atoms with Gasteiger partial charge in [0.15, 0.2) is 0 Å². The van der Waals surface area contributed by atoms with E-state index < -0.39 is 0 Å². The molecule has 3 rings (SSSR count). The van der Waals surface area contributed by atoms with Crippen LogP contribution < -0.4 is 5.32 Å². The number of fused-ring (bicyclic) bond motifs is 1. The first-order valence-corrected chi connectivity index (χ1v) is 6.79. The minimum atomic E-state index is -0.227. The van der Waals surface area contributed by atoms with Crippen molar-refractivity contribution < 1.29 is 9.59 Å². The summed E-state index contributed by atoms with van der Waals surface area (Å²) in [5.41, 5.74) is 1.88. The van der Waals surface area contributed by atoms with Crippen molar-refractivity contribution in [2.75, 3.05) is 18.4 Å². The molecule has 0 unspecified atom stereocenters. The van der Waals surface area contributed by atoms with Gasteiger partial charge in [-0.05, 0) is 31.2 Å². The van der Waals surface area contributed by atoms with E-state index in [-0.39, 0.29) is 11.8 Å².